The van der Waals surface area contributed by atoms with Gasteiger partial charge in [0.15, 0.2) is 10.8 Å². The molecule has 0 spiro atoms. The molecule has 0 saturated carbocycles. The van der Waals surface area contributed by atoms with E-state index in [1.807, 2.05) is 62.2 Å². The summed E-state index contributed by atoms with van der Waals surface area (Å²) >= 11 is 1.35. The van der Waals surface area contributed by atoms with E-state index in [1.54, 1.807) is 6.92 Å². The van der Waals surface area contributed by atoms with Gasteiger partial charge < -0.3 is 9.26 Å². The first kappa shape index (κ1) is 21.8. The van der Waals surface area contributed by atoms with Crippen LogP contribution in [0.15, 0.2) is 34.3 Å². The van der Waals surface area contributed by atoms with Crippen LogP contribution in [0.25, 0.3) is 11.3 Å². The number of aryl methyl sites for hydroxylation is 5. The third-order valence-electron chi connectivity index (χ3n) is 5.24. The van der Waals surface area contributed by atoms with Crippen molar-refractivity contribution >= 4 is 22.4 Å². The second-order valence-electron chi connectivity index (χ2n) is 7.55. The van der Waals surface area contributed by atoms with Gasteiger partial charge in [0.05, 0.1) is 17.0 Å². The Labute approximate surface area is 190 Å². The summed E-state index contributed by atoms with van der Waals surface area (Å²) in [5, 5.41) is 13.6. The lowest BCUT2D eigenvalue weighted by Gasteiger charge is -2.11. The molecule has 3 heterocycles. The Kier molecular flexibility index (Phi) is 6.09. The number of nitrogens with one attached hydrogen (secondary N) is 1. The van der Waals surface area contributed by atoms with Gasteiger partial charge in [-0.05, 0) is 45.7 Å². The molecule has 0 radical (unpaired) electrons. The van der Waals surface area contributed by atoms with Gasteiger partial charge in [0, 0.05) is 23.7 Å². The summed E-state index contributed by atoms with van der Waals surface area (Å²) in [7, 11) is 0. The van der Waals surface area contributed by atoms with Gasteiger partial charge >= 0.3 is 0 Å². The molecule has 0 unspecified atom stereocenters. The molecule has 0 bridgehead atoms. The van der Waals surface area contributed by atoms with Crippen LogP contribution in [-0.2, 0) is 13.2 Å². The van der Waals surface area contributed by atoms with Crippen molar-refractivity contribution in [1.29, 1.82) is 0 Å². The number of amides is 1. The number of thiazole rings is 1. The Bertz CT molecular complexity index is 1250. The average Bonchev–Trinajstić information content (AvgIpc) is 3.46. The van der Waals surface area contributed by atoms with E-state index >= 15 is 0 Å². The molecule has 1 N–H and O–H groups in total. The Morgan fingerprint density at radius 3 is 2.66 bits per heavy atom. The summed E-state index contributed by atoms with van der Waals surface area (Å²) in [4.78, 5) is 17.5. The molecule has 4 aromatic rings. The second kappa shape index (κ2) is 8.96. The number of carbonyl (C=O) groups excluding carboxylic acids is 1. The van der Waals surface area contributed by atoms with Gasteiger partial charge in [0.2, 0.25) is 0 Å². The van der Waals surface area contributed by atoms with Crippen LogP contribution in [-0.4, -0.2) is 25.8 Å². The Hall–Kier alpha value is -3.46. The van der Waals surface area contributed by atoms with Gasteiger partial charge in [-0.25, -0.2) is 4.98 Å². The third kappa shape index (κ3) is 4.29. The van der Waals surface area contributed by atoms with Crippen LogP contribution in [0.2, 0.25) is 0 Å². The molecule has 0 fully saturated rings. The predicted octanol–water partition coefficient (Wildman–Crippen LogP) is 5.08. The summed E-state index contributed by atoms with van der Waals surface area (Å²) in [5.74, 6) is 0.958. The van der Waals surface area contributed by atoms with Crippen molar-refractivity contribution in [3.63, 3.8) is 0 Å². The molecule has 9 heteroatoms. The van der Waals surface area contributed by atoms with Gasteiger partial charge in [-0.1, -0.05) is 23.4 Å². The number of carbonyl (C=O) groups is 1. The zero-order valence-electron chi connectivity index (χ0n) is 18.7. The van der Waals surface area contributed by atoms with Crippen LogP contribution in [0.4, 0.5) is 5.13 Å². The summed E-state index contributed by atoms with van der Waals surface area (Å²) in [5.41, 5.74) is 5.49. The standard InChI is InChI=1S/C23H25N5O3S/c1-6-28-10-17(15(4)26-28)19-12-32-23(24-19)25-22(29)20-18(16(5)31-27-20)11-30-21-13(2)8-7-9-14(21)3/h7-10,12H,6,11H2,1-5H3,(H,24,25,29). The minimum absolute atomic E-state index is 0.183. The molecule has 0 aliphatic heterocycles. The summed E-state index contributed by atoms with van der Waals surface area (Å²) < 4.78 is 13.2. The molecule has 3 aromatic heterocycles. The van der Waals surface area contributed by atoms with Gasteiger partial charge in [-0.2, -0.15) is 5.10 Å². The number of hydrogen-bond acceptors (Lipinski definition) is 7. The van der Waals surface area contributed by atoms with Crippen molar-refractivity contribution in [1.82, 2.24) is 19.9 Å². The fourth-order valence-corrected chi connectivity index (χ4v) is 4.16. The quantitative estimate of drug-likeness (QED) is 0.421. The summed E-state index contributed by atoms with van der Waals surface area (Å²) in [6, 6.07) is 5.96. The van der Waals surface area contributed by atoms with E-state index < -0.39 is 0 Å². The zero-order chi connectivity index (χ0) is 22.8. The van der Waals surface area contributed by atoms with E-state index in [4.69, 9.17) is 9.26 Å². The summed E-state index contributed by atoms with van der Waals surface area (Å²) in [6.07, 6.45) is 1.96. The SMILES string of the molecule is CCn1cc(-c2csc(NC(=O)c3noc(C)c3COc3c(C)cccc3C)n2)c(C)n1. The summed E-state index contributed by atoms with van der Waals surface area (Å²) in [6.45, 7) is 10.7. The monoisotopic (exact) mass is 451 g/mol. The minimum atomic E-state index is -0.385. The Morgan fingerprint density at radius 2 is 1.97 bits per heavy atom. The van der Waals surface area contributed by atoms with Crippen LogP contribution in [0.5, 0.6) is 5.75 Å². The molecule has 8 nitrogen and oxygen atoms in total. The normalized spacial score (nSPS) is 11.0. The highest BCUT2D eigenvalue weighted by Crippen LogP contribution is 2.28. The molecule has 1 aromatic carbocycles. The predicted molar refractivity (Wildman–Crippen MR) is 123 cm³/mol. The largest absolute Gasteiger partial charge is 0.488 e. The highest BCUT2D eigenvalue weighted by atomic mass is 32.1. The molecule has 0 aliphatic rings. The molecular formula is C23H25N5O3S. The maximum absolute atomic E-state index is 12.9. The number of benzene rings is 1. The molecule has 0 aliphatic carbocycles. The first-order valence-electron chi connectivity index (χ1n) is 10.3. The number of aromatic nitrogens is 4. The van der Waals surface area contributed by atoms with Gasteiger partial charge in [0.25, 0.3) is 5.91 Å². The first-order chi connectivity index (χ1) is 15.4. The van der Waals surface area contributed by atoms with E-state index in [9.17, 15) is 4.79 Å². The number of rotatable bonds is 7. The van der Waals surface area contributed by atoms with E-state index in [-0.39, 0.29) is 18.2 Å². The van der Waals surface area contributed by atoms with E-state index in [1.165, 1.54) is 11.3 Å². The van der Waals surface area contributed by atoms with Gasteiger partial charge in [0.1, 0.15) is 18.1 Å². The second-order valence-corrected chi connectivity index (χ2v) is 8.41. The number of hydrogen-bond donors (Lipinski definition) is 1. The molecular weight excluding hydrogens is 426 g/mol. The van der Waals surface area contributed by atoms with E-state index in [2.05, 4.69) is 20.6 Å². The maximum Gasteiger partial charge on any atom is 0.280 e. The Balaban J connectivity index is 1.50. The van der Waals surface area contributed by atoms with Crippen LogP contribution < -0.4 is 10.1 Å². The van der Waals surface area contributed by atoms with Gasteiger partial charge in [-0.3, -0.25) is 14.8 Å². The number of para-hydroxylation sites is 1. The number of nitrogens with zero attached hydrogens (tertiary/aromatic N) is 4. The highest BCUT2D eigenvalue weighted by Gasteiger charge is 2.22. The van der Waals surface area contributed by atoms with E-state index in [0.29, 0.717) is 16.5 Å². The smallest absolute Gasteiger partial charge is 0.280 e. The van der Waals surface area contributed by atoms with E-state index in [0.717, 1.165) is 40.4 Å². The van der Waals surface area contributed by atoms with Gasteiger partial charge in [-0.15, -0.1) is 11.3 Å². The lowest BCUT2D eigenvalue weighted by Crippen LogP contribution is -2.15. The molecule has 0 atom stereocenters. The highest BCUT2D eigenvalue weighted by molar-refractivity contribution is 7.14. The van der Waals surface area contributed by atoms with Crippen molar-refractivity contribution in [2.45, 2.75) is 47.8 Å². The van der Waals surface area contributed by atoms with Crippen molar-refractivity contribution < 1.29 is 14.1 Å². The fourth-order valence-electron chi connectivity index (χ4n) is 3.45. The third-order valence-corrected chi connectivity index (χ3v) is 6.00. The van der Waals surface area contributed by atoms with Crippen LogP contribution >= 0.6 is 11.3 Å². The Morgan fingerprint density at radius 1 is 1.22 bits per heavy atom. The first-order valence-corrected chi connectivity index (χ1v) is 11.2. The molecule has 0 saturated heterocycles. The van der Waals surface area contributed by atoms with Crippen molar-refractivity contribution in [2.24, 2.45) is 0 Å². The topological polar surface area (TPSA) is 95.1 Å². The van der Waals surface area contributed by atoms with Crippen LogP contribution in [0.1, 0.15) is 45.6 Å². The molecule has 1 amide bonds. The molecule has 32 heavy (non-hydrogen) atoms. The number of ether oxygens (including phenoxy) is 1. The number of anilines is 1. The van der Waals surface area contributed by atoms with Crippen molar-refractivity contribution in [3.8, 4) is 17.0 Å². The van der Waals surface area contributed by atoms with Crippen molar-refractivity contribution in [3.05, 3.63) is 63.6 Å². The fraction of sp³-hybridized carbons (Fsp3) is 0.304. The lowest BCUT2D eigenvalue weighted by atomic mass is 10.1. The maximum atomic E-state index is 12.9. The molecule has 166 valence electrons. The van der Waals surface area contributed by atoms with Crippen LogP contribution in [0, 0.1) is 27.7 Å². The average molecular weight is 452 g/mol. The lowest BCUT2D eigenvalue weighted by molar-refractivity contribution is 0.101. The van der Waals surface area contributed by atoms with Crippen LogP contribution in [0.3, 0.4) is 0 Å². The zero-order valence-corrected chi connectivity index (χ0v) is 19.5. The van der Waals surface area contributed by atoms with Crippen molar-refractivity contribution in [2.75, 3.05) is 5.32 Å². The minimum Gasteiger partial charge on any atom is -0.488 e. The molecule has 4 rings (SSSR count).